The minimum absolute atomic E-state index is 0.0190. The zero-order chi connectivity index (χ0) is 18.7. The fraction of sp³-hybridized carbons (Fsp3) is 0.308. The number of hydrogen-bond donors (Lipinski definition) is 2. The maximum atomic E-state index is 13.0. The summed E-state index contributed by atoms with van der Waals surface area (Å²) in [5, 5.41) is 2.14. The van der Waals surface area contributed by atoms with Gasteiger partial charge in [0.2, 0.25) is 15.3 Å². The molecule has 0 bridgehead atoms. The van der Waals surface area contributed by atoms with Crippen LogP contribution in [-0.2, 0) is 22.7 Å². The Morgan fingerprint density at radius 1 is 1.24 bits per heavy atom. The molecule has 0 radical (unpaired) electrons. The second-order valence-corrected chi connectivity index (χ2v) is 7.12. The standard InChI is InChI=1S/C13H13ClF3N5O2S/c1-2-25(23,24)22-10-8(4-3-5-18-10)6-19-11-9(13(15,16)17)7-20-12(14)21-11/h3-5,7H,2,6H2,1H3,(H,18,22)(H,19,20,21). The first kappa shape index (κ1) is 19.2. The van der Waals surface area contributed by atoms with Gasteiger partial charge in [-0.2, -0.15) is 13.2 Å². The van der Waals surface area contributed by atoms with Gasteiger partial charge < -0.3 is 5.32 Å². The Morgan fingerprint density at radius 2 is 1.96 bits per heavy atom. The van der Waals surface area contributed by atoms with E-state index in [0.29, 0.717) is 11.8 Å². The van der Waals surface area contributed by atoms with Gasteiger partial charge in [-0.1, -0.05) is 6.07 Å². The monoisotopic (exact) mass is 395 g/mol. The molecule has 0 amide bonds. The normalized spacial score (nSPS) is 12.0. The smallest absolute Gasteiger partial charge is 0.365 e. The molecule has 2 heterocycles. The van der Waals surface area contributed by atoms with Crippen LogP contribution < -0.4 is 10.0 Å². The number of hydrogen-bond acceptors (Lipinski definition) is 6. The van der Waals surface area contributed by atoms with Crippen LogP contribution in [0.25, 0.3) is 0 Å². The lowest BCUT2D eigenvalue weighted by Crippen LogP contribution is -2.18. The molecule has 25 heavy (non-hydrogen) atoms. The number of aromatic nitrogens is 3. The van der Waals surface area contributed by atoms with Gasteiger partial charge in [-0.15, -0.1) is 0 Å². The molecule has 0 aliphatic heterocycles. The molecule has 0 aliphatic rings. The second kappa shape index (κ2) is 7.40. The van der Waals surface area contributed by atoms with Gasteiger partial charge in [0.25, 0.3) is 0 Å². The lowest BCUT2D eigenvalue weighted by molar-refractivity contribution is -0.137. The third kappa shape index (κ3) is 5.16. The van der Waals surface area contributed by atoms with Crippen LogP contribution in [0.5, 0.6) is 0 Å². The first-order valence-corrected chi connectivity index (χ1v) is 8.93. The van der Waals surface area contributed by atoms with E-state index in [-0.39, 0.29) is 23.4 Å². The molecule has 0 fully saturated rings. The number of rotatable bonds is 6. The highest BCUT2D eigenvalue weighted by molar-refractivity contribution is 7.92. The van der Waals surface area contributed by atoms with Crippen molar-refractivity contribution in [3.63, 3.8) is 0 Å². The fourth-order valence-corrected chi connectivity index (χ4v) is 2.53. The second-order valence-electron chi connectivity index (χ2n) is 4.77. The first-order chi connectivity index (χ1) is 11.6. The van der Waals surface area contributed by atoms with Gasteiger partial charge in [0.05, 0.1) is 5.75 Å². The van der Waals surface area contributed by atoms with Gasteiger partial charge in [0.15, 0.2) is 0 Å². The van der Waals surface area contributed by atoms with E-state index in [2.05, 4.69) is 25.0 Å². The Kier molecular flexibility index (Phi) is 5.68. The highest BCUT2D eigenvalue weighted by atomic mass is 35.5. The number of sulfonamides is 1. The molecule has 12 heteroatoms. The number of anilines is 2. The molecule has 0 atom stereocenters. The van der Waals surface area contributed by atoms with E-state index in [9.17, 15) is 21.6 Å². The van der Waals surface area contributed by atoms with E-state index in [1.165, 1.54) is 25.3 Å². The average Bonchev–Trinajstić information content (AvgIpc) is 2.52. The lowest BCUT2D eigenvalue weighted by atomic mass is 10.2. The molecule has 0 aliphatic carbocycles. The summed E-state index contributed by atoms with van der Waals surface area (Å²) in [4.78, 5) is 10.8. The summed E-state index contributed by atoms with van der Waals surface area (Å²) in [6, 6.07) is 3.04. The van der Waals surface area contributed by atoms with Crippen LogP contribution in [0.4, 0.5) is 24.8 Å². The maximum absolute atomic E-state index is 13.0. The number of nitrogens with one attached hydrogen (secondary N) is 2. The molecule has 0 unspecified atom stereocenters. The van der Waals surface area contributed by atoms with Crippen molar-refractivity contribution in [3.05, 3.63) is 40.9 Å². The molecular formula is C13H13ClF3N5O2S. The van der Waals surface area contributed by atoms with Crippen LogP contribution in [0.1, 0.15) is 18.1 Å². The molecule has 2 aromatic rings. The Bertz CT molecular complexity index is 861. The van der Waals surface area contributed by atoms with Gasteiger partial charge in [-0.25, -0.2) is 23.4 Å². The van der Waals surface area contributed by atoms with E-state index in [1.54, 1.807) is 0 Å². The van der Waals surface area contributed by atoms with Crippen molar-refractivity contribution >= 4 is 33.3 Å². The van der Waals surface area contributed by atoms with E-state index in [1.807, 2.05) is 0 Å². The van der Waals surface area contributed by atoms with Crippen molar-refractivity contribution < 1.29 is 21.6 Å². The quantitative estimate of drug-likeness (QED) is 0.730. The van der Waals surface area contributed by atoms with Crippen LogP contribution >= 0.6 is 11.6 Å². The summed E-state index contributed by atoms with van der Waals surface area (Å²) in [5.74, 6) is -0.665. The van der Waals surface area contributed by atoms with Crippen molar-refractivity contribution in [2.45, 2.75) is 19.6 Å². The van der Waals surface area contributed by atoms with Crippen LogP contribution in [0.2, 0.25) is 5.28 Å². The van der Waals surface area contributed by atoms with Crippen molar-refractivity contribution in [2.75, 3.05) is 15.8 Å². The molecule has 136 valence electrons. The fourth-order valence-electron chi connectivity index (χ4n) is 1.77. The van der Waals surface area contributed by atoms with Crippen LogP contribution in [0.15, 0.2) is 24.5 Å². The van der Waals surface area contributed by atoms with Crippen LogP contribution in [-0.4, -0.2) is 29.1 Å². The predicted molar refractivity (Wildman–Crippen MR) is 86.7 cm³/mol. The van der Waals surface area contributed by atoms with Crippen LogP contribution in [0, 0.1) is 0 Å². The van der Waals surface area contributed by atoms with Gasteiger partial charge in [-0.05, 0) is 24.6 Å². The minimum atomic E-state index is -4.67. The number of nitrogens with zero attached hydrogens (tertiary/aromatic N) is 3. The molecule has 0 spiro atoms. The number of halogens is 4. The van der Waals surface area contributed by atoms with Gasteiger partial charge in [-0.3, -0.25) is 4.72 Å². The predicted octanol–water partition coefficient (Wildman–Crippen LogP) is 2.92. The molecule has 7 nitrogen and oxygen atoms in total. The lowest BCUT2D eigenvalue weighted by Gasteiger charge is -2.15. The molecule has 0 saturated carbocycles. The van der Waals surface area contributed by atoms with E-state index >= 15 is 0 Å². The summed E-state index contributed by atoms with van der Waals surface area (Å²) in [6.07, 6.45) is -2.74. The Balaban J connectivity index is 2.27. The maximum Gasteiger partial charge on any atom is 0.421 e. The first-order valence-electron chi connectivity index (χ1n) is 6.90. The summed E-state index contributed by atoms with van der Waals surface area (Å²) in [5.41, 5.74) is -0.751. The SMILES string of the molecule is CCS(=O)(=O)Nc1ncccc1CNc1nc(Cl)ncc1C(F)(F)F. The van der Waals surface area contributed by atoms with Gasteiger partial charge >= 0.3 is 6.18 Å². The molecule has 0 saturated heterocycles. The Labute approximate surface area is 146 Å². The summed E-state index contributed by atoms with van der Waals surface area (Å²) >= 11 is 5.55. The van der Waals surface area contributed by atoms with Crippen LogP contribution in [0.3, 0.4) is 0 Å². The summed E-state index contributed by atoms with van der Waals surface area (Å²) < 4.78 is 64.6. The molecule has 2 N–H and O–H groups in total. The Morgan fingerprint density at radius 3 is 2.60 bits per heavy atom. The number of pyridine rings is 1. The molecule has 2 aromatic heterocycles. The third-order valence-corrected chi connectivity index (χ3v) is 4.48. The van der Waals surface area contributed by atoms with Crippen molar-refractivity contribution in [1.82, 2.24) is 15.0 Å². The van der Waals surface area contributed by atoms with E-state index in [4.69, 9.17) is 11.6 Å². The average molecular weight is 396 g/mol. The van der Waals surface area contributed by atoms with E-state index in [0.717, 1.165) is 0 Å². The zero-order valence-electron chi connectivity index (χ0n) is 12.8. The number of alkyl halides is 3. The largest absolute Gasteiger partial charge is 0.421 e. The van der Waals surface area contributed by atoms with Gasteiger partial charge in [0, 0.05) is 24.5 Å². The van der Waals surface area contributed by atoms with Crippen molar-refractivity contribution in [2.24, 2.45) is 0 Å². The highest BCUT2D eigenvalue weighted by Gasteiger charge is 2.35. The third-order valence-electron chi connectivity index (χ3n) is 3.03. The Hall–Kier alpha value is -2.14. The highest BCUT2D eigenvalue weighted by Crippen LogP contribution is 2.34. The van der Waals surface area contributed by atoms with Crippen molar-refractivity contribution in [3.8, 4) is 0 Å². The summed E-state index contributed by atoms with van der Waals surface area (Å²) in [7, 11) is -3.58. The molecule has 2 rings (SSSR count). The minimum Gasteiger partial charge on any atom is -0.365 e. The summed E-state index contributed by atoms with van der Waals surface area (Å²) in [6.45, 7) is 1.29. The zero-order valence-corrected chi connectivity index (χ0v) is 14.4. The topological polar surface area (TPSA) is 96.9 Å². The van der Waals surface area contributed by atoms with E-state index < -0.39 is 27.6 Å². The van der Waals surface area contributed by atoms with Gasteiger partial charge in [0.1, 0.15) is 17.2 Å². The molecule has 0 aromatic carbocycles. The van der Waals surface area contributed by atoms with Crippen molar-refractivity contribution in [1.29, 1.82) is 0 Å². The molecular weight excluding hydrogens is 383 g/mol.